The summed E-state index contributed by atoms with van der Waals surface area (Å²) >= 11 is 0. The lowest BCUT2D eigenvalue weighted by Gasteiger charge is -2.17. The van der Waals surface area contributed by atoms with Crippen LogP contribution in [0.25, 0.3) is 0 Å². The van der Waals surface area contributed by atoms with Gasteiger partial charge in [-0.15, -0.1) is 0 Å². The summed E-state index contributed by atoms with van der Waals surface area (Å²) in [7, 11) is 6.62. The first-order chi connectivity index (χ1) is 12.2. The monoisotopic (exact) mass is 421 g/mol. The smallest absolute Gasteiger partial charge is 0.186 e. The van der Waals surface area contributed by atoms with Gasteiger partial charge >= 0.3 is 0 Å². The zero-order valence-corrected chi connectivity index (χ0v) is 17.1. The molecule has 1 aliphatic heterocycles. The molecule has 0 saturated carbocycles. The topological polar surface area (TPSA) is 50.9 Å². The highest BCUT2D eigenvalue weighted by atomic mass is 79.9. The molecule has 2 aromatic carbocycles. The van der Waals surface area contributed by atoms with Crippen LogP contribution in [-0.2, 0) is 12.8 Å². The van der Waals surface area contributed by atoms with Crippen LogP contribution in [0, 0.1) is 0 Å². The van der Waals surface area contributed by atoms with E-state index in [1.807, 2.05) is 12.1 Å². The predicted octanol–water partition coefficient (Wildman–Crippen LogP) is -1.61. The molecular formula is C20H24BrNO4. The van der Waals surface area contributed by atoms with E-state index in [4.69, 9.17) is 18.9 Å². The van der Waals surface area contributed by atoms with Crippen molar-refractivity contribution in [3.05, 3.63) is 47.0 Å². The van der Waals surface area contributed by atoms with Crippen molar-refractivity contribution >= 4 is 5.71 Å². The fourth-order valence-corrected chi connectivity index (χ4v) is 3.20. The highest BCUT2D eigenvalue weighted by Crippen LogP contribution is 2.32. The van der Waals surface area contributed by atoms with Gasteiger partial charge in [-0.3, -0.25) is 0 Å². The maximum absolute atomic E-state index is 5.46. The number of nitrogens with one attached hydrogen (secondary N) is 1. The molecule has 0 unspecified atom stereocenters. The normalized spacial score (nSPS) is 12.4. The summed E-state index contributed by atoms with van der Waals surface area (Å²) in [6.07, 6.45) is 1.74. The molecule has 0 spiro atoms. The SMILES string of the molecule is COc1ccc(CC2=[NH+]CCc3cc(OC)c(OC)cc32)cc1OC.[Br-]. The molecule has 0 bridgehead atoms. The van der Waals surface area contributed by atoms with E-state index >= 15 is 0 Å². The zero-order chi connectivity index (χ0) is 17.8. The third-order valence-electron chi connectivity index (χ3n) is 4.50. The molecule has 0 saturated heterocycles. The molecule has 0 aliphatic carbocycles. The van der Waals surface area contributed by atoms with E-state index in [2.05, 4.69) is 23.2 Å². The lowest BCUT2D eigenvalue weighted by molar-refractivity contribution is -0.458. The van der Waals surface area contributed by atoms with Crippen LogP contribution >= 0.6 is 0 Å². The van der Waals surface area contributed by atoms with Gasteiger partial charge in [0.1, 0.15) is 6.54 Å². The van der Waals surface area contributed by atoms with Crippen molar-refractivity contribution in [2.24, 2.45) is 0 Å². The maximum Gasteiger partial charge on any atom is 0.186 e. The Kier molecular flexibility index (Phi) is 6.91. The minimum Gasteiger partial charge on any atom is -1.00 e. The summed E-state index contributed by atoms with van der Waals surface area (Å²) < 4.78 is 21.6. The van der Waals surface area contributed by atoms with E-state index in [-0.39, 0.29) is 17.0 Å². The Morgan fingerprint density at radius 2 is 1.42 bits per heavy atom. The quantitative estimate of drug-likeness (QED) is 0.609. The van der Waals surface area contributed by atoms with Crippen molar-refractivity contribution in [2.75, 3.05) is 35.0 Å². The molecule has 0 radical (unpaired) electrons. The maximum atomic E-state index is 5.46. The first kappa shape index (κ1) is 20.1. The van der Waals surface area contributed by atoms with E-state index in [0.29, 0.717) is 0 Å². The van der Waals surface area contributed by atoms with E-state index < -0.39 is 0 Å². The summed E-state index contributed by atoms with van der Waals surface area (Å²) in [4.78, 5) is 3.53. The first-order valence-corrected chi connectivity index (χ1v) is 8.26. The Morgan fingerprint density at radius 3 is 2.08 bits per heavy atom. The van der Waals surface area contributed by atoms with Gasteiger partial charge in [-0.25, -0.2) is 4.99 Å². The number of benzene rings is 2. The summed E-state index contributed by atoms with van der Waals surface area (Å²) in [5.74, 6) is 2.99. The van der Waals surface area contributed by atoms with Crippen LogP contribution in [0.15, 0.2) is 30.3 Å². The van der Waals surface area contributed by atoms with Crippen LogP contribution in [0.2, 0.25) is 0 Å². The second-order valence-electron chi connectivity index (χ2n) is 5.89. The number of fused-ring (bicyclic) bond motifs is 1. The van der Waals surface area contributed by atoms with Gasteiger partial charge in [-0.2, -0.15) is 0 Å². The van der Waals surface area contributed by atoms with E-state index in [0.717, 1.165) is 47.9 Å². The summed E-state index contributed by atoms with van der Waals surface area (Å²) in [5, 5.41) is 0. The summed E-state index contributed by atoms with van der Waals surface area (Å²) in [6.45, 7) is 0.908. The standard InChI is InChI=1S/C20H23NO4.BrH/c1-22-17-6-5-13(10-18(17)23-2)9-16-15-12-20(25-4)19(24-3)11-14(15)7-8-21-16;/h5-6,10-12H,7-9H2,1-4H3;1H. The molecule has 1 heterocycles. The van der Waals surface area contributed by atoms with Gasteiger partial charge in [0.25, 0.3) is 0 Å². The molecule has 5 nitrogen and oxygen atoms in total. The van der Waals surface area contributed by atoms with Crippen molar-refractivity contribution < 1.29 is 40.9 Å². The Hall–Kier alpha value is -2.21. The van der Waals surface area contributed by atoms with Crippen LogP contribution in [-0.4, -0.2) is 40.7 Å². The molecule has 0 atom stereocenters. The molecule has 3 rings (SSSR count). The largest absolute Gasteiger partial charge is 1.00 e. The molecule has 2 aromatic rings. The highest BCUT2D eigenvalue weighted by Gasteiger charge is 2.23. The third kappa shape index (κ3) is 3.96. The molecule has 1 aliphatic rings. The van der Waals surface area contributed by atoms with Crippen molar-refractivity contribution in [3.8, 4) is 23.0 Å². The summed E-state index contributed by atoms with van der Waals surface area (Å²) in [5.41, 5.74) is 4.78. The van der Waals surface area contributed by atoms with Gasteiger partial charge < -0.3 is 35.9 Å². The van der Waals surface area contributed by atoms with E-state index in [9.17, 15) is 0 Å². The minimum atomic E-state index is 0. The van der Waals surface area contributed by atoms with Crippen LogP contribution in [0.3, 0.4) is 0 Å². The minimum absolute atomic E-state index is 0. The molecule has 6 heteroatoms. The third-order valence-corrected chi connectivity index (χ3v) is 4.50. The number of rotatable bonds is 6. The number of methoxy groups -OCH3 is 4. The second-order valence-corrected chi connectivity index (χ2v) is 5.89. The van der Waals surface area contributed by atoms with Gasteiger partial charge in [-0.1, -0.05) is 6.07 Å². The Balaban J connectivity index is 0.00000243. The van der Waals surface area contributed by atoms with Crippen molar-refractivity contribution in [1.82, 2.24) is 0 Å². The van der Waals surface area contributed by atoms with Crippen LogP contribution in [0.4, 0.5) is 0 Å². The van der Waals surface area contributed by atoms with Crippen molar-refractivity contribution in [2.45, 2.75) is 12.8 Å². The molecule has 140 valence electrons. The Labute approximate surface area is 164 Å². The van der Waals surface area contributed by atoms with E-state index in [1.165, 1.54) is 16.8 Å². The molecule has 0 aromatic heterocycles. The van der Waals surface area contributed by atoms with Crippen LogP contribution in [0.1, 0.15) is 16.7 Å². The fourth-order valence-electron chi connectivity index (χ4n) is 3.20. The average Bonchev–Trinajstić information content (AvgIpc) is 2.66. The Bertz CT molecular complexity index is 805. The van der Waals surface area contributed by atoms with Crippen LogP contribution < -0.4 is 40.9 Å². The molecule has 0 amide bonds. The highest BCUT2D eigenvalue weighted by molar-refractivity contribution is 6.00. The van der Waals surface area contributed by atoms with Gasteiger partial charge in [0.05, 0.1) is 34.9 Å². The second kappa shape index (κ2) is 8.94. The van der Waals surface area contributed by atoms with Gasteiger partial charge in [0.2, 0.25) is 0 Å². The molecular weight excluding hydrogens is 398 g/mol. The van der Waals surface area contributed by atoms with Gasteiger partial charge in [0.15, 0.2) is 28.7 Å². The predicted molar refractivity (Wildman–Crippen MR) is 96.4 cm³/mol. The summed E-state index contributed by atoms with van der Waals surface area (Å²) in [6, 6.07) is 10.1. The fraction of sp³-hybridized carbons (Fsp3) is 0.350. The molecule has 1 N–H and O–H groups in total. The number of hydrogen-bond acceptors (Lipinski definition) is 4. The number of ether oxygens (including phenoxy) is 4. The van der Waals surface area contributed by atoms with E-state index in [1.54, 1.807) is 28.4 Å². The number of hydrogen-bond donors (Lipinski definition) is 1. The van der Waals surface area contributed by atoms with Crippen molar-refractivity contribution in [3.63, 3.8) is 0 Å². The lowest BCUT2D eigenvalue weighted by atomic mass is 9.93. The molecule has 0 fully saturated rings. The van der Waals surface area contributed by atoms with Crippen molar-refractivity contribution in [1.29, 1.82) is 0 Å². The first-order valence-electron chi connectivity index (χ1n) is 8.26. The Morgan fingerprint density at radius 1 is 0.808 bits per heavy atom. The average molecular weight is 422 g/mol. The van der Waals surface area contributed by atoms with Crippen LogP contribution in [0.5, 0.6) is 23.0 Å². The van der Waals surface area contributed by atoms with Gasteiger partial charge in [-0.05, 0) is 35.4 Å². The number of halogens is 1. The zero-order valence-electron chi connectivity index (χ0n) is 15.5. The lowest BCUT2D eigenvalue weighted by Crippen LogP contribution is -3.00. The van der Waals surface area contributed by atoms with Gasteiger partial charge in [0, 0.05) is 12.0 Å². The molecule has 26 heavy (non-hydrogen) atoms.